The Morgan fingerprint density at radius 2 is 2.20 bits per heavy atom. The Balaban J connectivity index is 1.93. The molecule has 4 heteroatoms. The van der Waals surface area contributed by atoms with E-state index in [1.54, 1.807) is 0 Å². The van der Waals surface area contributed by atoms with Crippen LogP contribution >= 0.6 is 43.2 Å². The molecular weight excluding hydrogens is 338 g/mol. The Kier molecular flexibility index (Phi) is 4.68. The molecule has 1 aromatic rings. The molecule has 0 spiro atoms. The standard InChI is InChI=1S/C11H15Br2NS/c12-6-7-14(9-2-1-3-9)8-10-4-5-11(13)15-10/h4-5,9H,1-3,6-8H2. The zero-order valence-corrected chi connectivity index (χ0v) is 12.6. The van der Waals surface area contributed by atoms with Crippen LogP contribution in [0.15, 0.2) is 15.9 Å². The average Bonchev–Trinajstić information content (AvgIpc) is 2.48. The third-order valence-electron chi connectivity index (χ3n) is 2.95. The monoisotopic (exact) mass is 351 g/mol. The van der Waals surface area contributed by atoms with Gasteiger partial charge in [-0.05, 0) is 40.9 Å². The third kappa shape index (κ3) is 3.29. The van der Waals surface area contributed by atoms with Crippen LogP contribution in [-0.2, 0) is 6.54 Å². The fourth-order valence-corrected chi connectivity index (χ4v) is 3.85. The fraction of sp³-hybridized carbons (Fsp3) is 0.636. The lowest BCUT2D eigenvalue weighted by molar-refractivity contribution is 0.129. The first-order valence-electron chi connectivity index (χ1n) is 5.34. The van der Waals surface area contributed by atoms with Gasteiger partial charge in [-0.1, -0.05) is 22.4 Å². The van der Waals surface area contributed by atoms with E-state index in [-0.39, 0.29) is 0 Å². The summed E-state index contributed by atoms with van der Waals surface area (Å²) in [6.45, 7) is 2.28. The highest BCUT2D eigenvalue weighted by Crippen LogP contribution is 2.29. The van der Waals surface area contributed by atoms with E-state index in [0.29, 0.717) is 0 Å². The molecule has 1 aromatic heterocycles. The topological polar surface area (TPSA) is 3.24 Å². The zero-order chi connectivity index (χ0) is 10.7. The minimum absolute atomic E-state index is 0.837. The summed E-state index contributed by atoms with van der Waals surface area (Å²) in [6, 6.07) is 5.21. The summed E-state index contributed by atoms with van der Waals surface area (Å²) < 4.78 is 1.24. The second-order valence-electron chi connectivity index (χ2n) is 3.95. The van der Waals surface area contributed by atoms with Crippen LogP contribution in [0.4, 0.5) is 0 Å². The predicted molar refractivity (Wildman–Crippen MR) is 73.9 cm³/mol. The van der Waals surface area contributed by atoms with Gasteiger partial charge >= 0.3 is 0 Å². The first-order chi connectivity index (χ1) is 7.29. The normalized spacial score (nSPS) is 17.0. The van der Waals surface area contributed by atoms with Gasteiger partial charge in [0.15, 0.2) is 0 Å². The fourth-order valence-electron chi connectivity index (χ4n) is 1.89. The highest BCUT2D eigenvalue weighted by Gasteiger charge is 2.24. The molecule has 1 heterocycles. The van der Waals surface area contributed by atoms with Gasteiger partial charge in [0.25, 0.3) is 0 Å². The quantitative estimate of drug-likeness (QED) is 0.715. The maximum atomic E-state index is 3.54. The largest absolute Gasteiger partial charge is 0.294 e. The van der Waals surface area contributed by atoms with Crippen LogP contribution in [0.5, 0.6) is 0 Å². The van der Waals surface area contributed by atoms with Gasteiger partial charge in [0, 0.05) is 29.3 Å². The summed E-state index contributed by atoms with van der Waals surface area (Å²) in [7, 11) is 0. The van der Waals surface area contributed by atoms with E-state index in [1.165, 1.54) is 34.5 Å². The van der Waals surface area contributed by atoms with Gasteiger partial charge in [0.2, 0.25) is 0 Å². The number of alkyl halides is 1. The molecule has 0 unspecified atom stereocenters. The van der Waals surface area contributed by atoms with Crippen molar-refractivity contribution in [3.8, 4) is 0 Å². The summed E-state index contributed by atoms with van der Waals surface area (Å²) in [5.74, 6) is 0. The summed E-state index contributed by atoms with van der Waals surface area (Å²) in [5.41, 5.74) is 0. The summed E-state index contributed by atoms with van der Waals surface area (Å²) in [4.78, 5) is 4.08. The van der Waals surface area contributed by atoms with Crippen LogP contribution in [0.1, 0.15) is 24.1 Å². The third-order valence-corrected chi connectivity index (χ3v) is 4.91. The van der Waals surface area contributed by atoms with Gasteiger partial charge in [-0.3, -0.25) is 4.90 Å². The van der Waals surface area contributed by atoms with E-state index in [4.69, 9.17) is 0 Å². The number of thiophene rings is 1. The Labute approximate surface area is 112 Å². The number of nitrogens with zero attached hydrogens (tertiary/aromatic N) is 1. The lowest BCUT2D eigenvalue weighted by Crippen LogP contribution is -2.40. The SMILES string of the molecule is BrCCN(Cc1ccc(Br)s1)C1CCC1. The van der Waals surface area contributed by atoms with Crippen LogP contribution < -0.4 is 0 Å². The van der Waals surface area contributed by atoms with Crippen molar-refractivity contribution in [1.82, 2.24) is 4.90 Å². The van der Waals surface area contributed by atoms with Gasteiger partial charge in [0.1, 0.15) is 0 Å². The van der Waals surface area contributed by atoms with Crippen molar-refractivity contribution in [2.24, 2.45) is 0 Å². The second kappa shape index (κ2) is 5.80. The first-order valence-corrected chi connectivity index (χ1v) is 8.07. The minimum Gasteiger partial charge on any atom is -0.294 e. The summed E-state index contributed by atoms with van der Waals surface area (Å²) in [6.07, 6.45) is 4.19. The van der Waals surface area contributed by atoms with Gasteiger partial charge in [0.05, 0.1) is 3.79 Å². The van der Waals surface area contributed by atoms with Crippen molar-refractivity contribution in [2.75, 3.05) is 11.9 Å². The molecule has 1 nitrogen and oxygen atoms in total. The Bertz CT molecular complexity index is 309. The molecule has 0 aromatic carbocycles. The maximum absolute atomic E-state index is 3.54. The molecule has 1 aliphatic carbocycles. The summed E-state index contributed by atoms with van der Waals surface area (Å²) >= 11 is 8.92. The molecular formula is C11H15Br2NS. The maximum Gasteiger partial charge on any atom is 0.0701 e. The Morgan fingerprint density at radius 1 is 1.40 bits per heavy atom. The van der Waals surface area contributed by atoms with Crippen LogP contribution in [0.25, 0.3) is 0 Å². The van der Waals surface area contributed by atoms with E-state index in [9.17, 15) is 0 Å². The number of halogens is 2. The van der Waals surface area contributed by atoms with Crippen LogP contribution in [-0.4, -0.2) is 22.8 Å². The van der Waals surface area contributed by atoms with Gasteiger partial charge < -0.3 is 0 Å². The number of hydrogen-bond donors (Lipinski definition) is 0. The lowest BCUT2D eigenvalue weighted by Gasteiger charge is -2.37. The number of rotatable bonds is 5. The second-order valence-corrected chi connectivity index (χ2v) is 7.29. The molecule has 84 valence electrons. The van der Waals surface area contributed by atoms with Gasteiger partial charge in [-0.15, -0.1) is 11.3 Å². The highest BCUT2D eigenvalue weighted by atomic mass is 79.9. The van der Waals surface area contributed by atoms with Crippen LogP contribution in [0.2, 0.25) is 0 Å². The van der Waals surface area contributed by atoms with Crippen molar-refractivity contribution in [2.45, 2.75) is 31.8 Å². The summed E-state index contributed by atoms with van der Waals surface area (Å²) in [5, 5.41) is 1.08. The molecule has 0 radical (unpaired) electrons. The molecule has 1 saturated carbocycles. The molecule has 0 amide bonds. The predicted octanol–water partition coefficient (Wildman–Crippen LogP) is 4.26. The van der Waals surface area contributed by atoms with Gasteiger partial charge in [-0.25, -0.2) is 0 Å². The Hall–Kier alpha value is 0.620. The van der Waals surface area contributed by atoms with E-state index in [0.717, 1.165) is 17.9 Å². The lowest BCUT2D eigenvalue weighted by atomic mass is 9.91. The van der Waals surface area contributed by atoms with Crippen molar-refractivity contribution >= 4 is 43.2 Å². The minimum atomic E-state index is 0.837. The van der Waals surface area contributed by atoms with Crippen LogP contribution in [0, 0.1) is 0 Å². The molecule has 0 aliphatic heterocycles. The van der Waals surface area contributed by atoms with E-state index in [1.807, 2.05) is 11.3 Å². The first kappa shape index (κ1) is 12.1. The van der Waals surface area contributed by atoms with Crippen molar-refractivity contribution in [3.05, 3.63) is 20.8 Å². The number of hydrogen-bond acceptors (Lipinski definition) is 2. The average molecular weight is 353 g/mol. The van der Waals surface area contributed by atoms with Crippen molar-refractivity contribution in [1.29, 1.82) is 0 Å². The van der Waals surface area contributed by atoms with E-state index >= 15 is 0 Å². The van der Waals surface area contributed by atoms with Crippen molar-refractivity contribution in [3.63, 3.8) is 0 Å². The molecule has 1 aliphatic rings. The Morgan fingerprint density at radius 3 is 2.67 bits per heavy atom. The molecule has 1 fully saturated rings. The zero-order valence-electron chi connectivity index (χ0n) is 8.59. The van der Waals surface area contributed by atoms with E-state index in [2.05, 4.69) is 48.9 Å². The molecule has 0 saturated heterocycles. The molecule has 0 N–H and O–H groups in total. The van der Waals surface area contributed by atoms with Crippen molar-refractivity contribution < 1.29 is 0 Å². The molecule has 2 rings (SSSR count). The van der Waals surface area contributed by atoms with Crippen LogP contribution in [0.3, 0.4) is 0 Å². The van der Waals surface area contributed by atoms with Gasteiger partial charge in [-0.2, -0.15) is 0 Å². The smallest absolute Gasteiger partial charge is 0.0701 e. The highest BCUT2D eigenvalue weighted by molar-refractivity contribution is 9.11. The molecule has 0 bridgehead atoms. The van der Waals surface area contributed by atoms with E-state index < -0.39 is 0 Å². The molecule has 0 atom stereocenters. The molecule has 15 heavy (non-hydrogen) atoms.